The predicted octanol–water partition coefficient (Wildman–Crippen LogP) is 2.33. The molecule has 0 heterocycles. The zero-order chi connectivity index (χ0) is 25.5. The molecule has 2 aromatic carbocycles. The van der Waals surface area contributed by atoms with Crippen LogP contribution >= 0.6 is 0 Å². The fraction of sp³-hybridized carbons (Fsp3) is 0.417. The number of rotatable bonds is 11. The molecule has 34 heavy (non-hydrogen) atoms. The van der Waals surface area contributed by atoms with Crippen molar-refractivity contribution in [3.8, 4) is 11.5 Å². The molecule has 0 aliphatic heterocycles. The quantitative estimate of drug-likeness (QED) is 0.517. The van der Waals surface area contributed by atoms with E-state index >= 15 is 0 Å². The zero-order valence-electron chi connectivity index (χ0n) is 20.5. The van der Waals surface area contributed by atoms with Crippen LogP contribution in [0.25, 0.3) is 0 Å². The average molecular weight is 492 g/mol. The smallest absolute Gasteiger partial charge is 0.244 e. The monoisotopic (exact) mass is 491 g/mol. The molecule has 0 aliphatic carbocycles. The molecule has 0 saturated carbocycles. The largest absolute Gasteiger partial charge is 0.493 e. The lowest BCUT2D eigenvalue weighted by Crippen LogP contribution is -2.51. The predicted molar refractivity (Wildman–Crippen MR) is 132 cm³/mol. The number of sulfonamides is 1. The summed E-state index contributed by atoms with van der Waals surface area (Å²) in [6, 6.07) is 11.4. The Labute approximate surface area is 201 Å². The maximum atomic E-state index is 13.5. The van der Waals surface area contributed by atoms with Crippen molar-refractivity contribution in [2.45, 2.75) is 33.4 Å². The molecule has 2 amide bonds. The highest BCUT2D eigenvalue weighted by atomic mass is 32.2. The van der Waals surface area contributed by atoms with Crippen molar-refractivity contribution in [1.29, 1.82) is 0 Å². The van der Waals surface area contributed by atoms with E-state index < -0.39 is 28.5 Å². The third-order valence-electron chi connectivity index (χ3n) is 5.33. The molecule has 0 saturated heterocycles. The minimum atomic E-state index is -3.84. The van der Waals surface area contributed by atoms with Crippen LogP contribution in [0, 0.1) is 6.92 Å². The van der Waals surface area contributed by atoms with Crippen LogP contribution in [-0.2, 0) is 26.2 Å². The molecule has 0 unspecified atom stereocenters. The maximum absolute atomic E-state index is 13.5. The van der Waals surface area contributed by atoms with Crippen LogP contribution in [0.3, 0.4) is 0 Å². The lowest BCUT2D eigenvalue weighted by atomic mass is 10.1. The lowest BCUT2D eigenvalue weighted by molar-refractivity contribution is -0.139. The zero-order valence-corrected chi connectivity index (χ0v) is 21.3. The van der Waals surface area contributed by atoms with E-state index in [1.54, 1.807) is 19.9 Å². The molecule has 0 aromatic heterocycles. The first-order valence-electron chi connectivity index (χ1n) is 10.8. The number of carbonyl (C=O) groups excluding carboxylic acids is 2. The number of hydrogen-bond donors (Lipinski definition) is 1. The second-order valence-electron chi connectivity index (χ2n) is 7.89. The van der Waals surface area contributed by atoms with Crippen LogP contribution in [0.15, 0.2) is 42.5 Å². The number of carbonyl (C=O) groups is 2. The standard InChI is InChI=1S/C24H33N3O6S/c1-7-25-24(29)18(3)26(15-19-10-8-17(2)9-11-19)23(28)16-27(34(6,30)31)20-12-13-21(32-4)22(14-20)33-5/h8-14,18H,7,15-16H2,1-6H3,(H,25,29)/t18-/m0/s1. The molecule has 186 valence electrons. The molecule has 0 aliphatic rings. The van der Waals surface area contributed by atoms with Gasteiger partial charge in [0.05, 0.1) is 26.2 Å². The third kappa shape index (κ3) is 6.86. The molecule has 1 atom stereocenters. The minimum Gasteiger partial charge on any atom is -0.493 e. The van der Waals surface area contributed by atoms with Gasteiger partial charge in [0.25, 0.3) is 0 Å². The van der Waals surface area contributed by atoms with Gasteiger partial charge in [-0.3, -0.25) is 13.9 Å². The third-order valence-corrected chi connectivity index (χ3v) is 6.47. The number of nitrogens with zero attached hydrogens (tertiary/aromatic N) is 2. The molecule has 0 bridgehead atoms. The van der Waals surface area contributed by atoms with Gasteiger partial charge in [0.1, 0.15) is 12.6 Å². The average Bonchev–Trinajstić information content (AvgIpc) is 2.80. The van der Waals surface area contributed by atoms with Gasteiger partial charge in [-0.25, -0.2) is 8.42 Å². The fourth-order valence-electron chi connectivity index (χ4n) is 3.39. The van der Waals surface area contributed by atoms with E-state index in [2.05, 4.69) is 5.32 Å². The molecular weight excluding hydrogens is 458 g/mol. The van der Waals surface area contributed by atoms with Crippen molar-refractivity contribution < 1.29 is 27.5 Å². The Kier molecular flexibility index (Phi) is 9.31. The van der Waals surface area contributed by atoms with E-state index in [4.69, 9.17) is 9.47 Å². The number of anilines is 1. The van der Waals surface area contributed by atoms with Crippen LogP contribution in [-0.4, -0.2) is 64.7 Å². The van der Waals surface area contributed by atoms with Crippen molar-refractivity contribution in [1.82, 2.24) is 10.2 Å². The molecule has 9 nitrogen and oxygen atoms in total. The van der Waals surface area contributed by atoms with Gasteiger partial charge in [-0.15, -0.1) is 0 Å². The molecule has 2 aromatic rings. The van der Waals surface area contributed by atoms with Crippen molar-refractivity contribution >= 4 is 27.5 Å². The van der Waals surface area contributed by atoms with E-state index in [1.807, 2.05) is 31.2 Å². The van der Waals surface area contributed by atoms with Crippen molar-refractivity contribution in [3.05, 3.63) is 53.6 Å². The Morgan fingerprint density at radius 2 is 1.65 bits per heavy atom. The Morgan fingerprint density at radius 3 is 2.18 bits per heavy atom. The van der Waals surface area contributed by atoms with Gasteiger partial charge < -0.3 is 19.7 Å². The van der Waals surface area contributed by atoms with Crippen molar-refractivity contribution in [3.63, 3.8) is 0 Å². The summed E-state index contributed by atoms with van der Waals surface area (Å²) < 4.78 is 36.8. The second kappa shape index (κ2) is 11.7. The fourth-order valence-corrected chi connectivity index (χ4v) is 4.23. The molecule has 10 heteroatoms. The van der Waals surface area contributed by atoms with Crippen LogP contribution in [0.4, 0.5) is 5.69 Å². The Bertz CT molecular complexity index is 1100. The normalized spacial score (nSPS) is 11.9. The lowest BCUT2D eigenvalue weighted by Gasteiger charge is -2.31. The highest BCUT2D eigenvalue weighted by Gasteiger charge is 2.30. The summed E-state index contributed by atoms with van der Waals surface area (Å²) in [5.74, 6) is -0.0790. The minimum absolute atomic E-state index is 0.154. The van der Waals surface area contributed by atoms with Gasteiger partial charge in [-0.2, -0.15) is 0 Å². The Morgan fingerprint density at radius 1 is 1.03 bits per heavy atom. The van der Waals surface area contributed by atoms with Crippen molar-refractivity contribution in [2.24, 2.45) is 0 Å². The number of ether oxygens (including phenoxy) is 2. The number of methoxy groups -OCH3 is 2. The summed E-state index contributed by atoms with van der Waals surface area (Å²) in [6.07, 6.45) is 1.02. The van der Waals surface area contributed by atoms with Gasteiger partial charge >= 0.3 is 0 Å². The second-order valence-corrected chi connectivity index (χ2v) is 9.79. The highest BCUT2D eigenvalue weighted by Crippen LogP contribution is 2.32. The summed E-state index contributed by atoms with van der Waals surface area (Å²) >= 11 is 0. The van der Waals surface area contributed by atoms with Crippen LogP contribution in [0.5, 0.6) is 11.5 Å². The van der Waals surface area contributed by atoms with Gasteiger partial charge in [0.15, 0.2) is 11.5 Å². The number of aryl methyl sites for hydroxylation is 1. The SMILES string of the molecule is CCNC(=O)[C@H](C)N(Cc1ccc(C)cc1)C(=O)CN(c1ccc(OC)c(OC)c1)S(C)(=O)=O. The number of nitrogens with one attached hydrogen (secondary N) is 1. The van der Waals surface area contributed by atoms with Gasteiger partial charge in [-0.1, -0.05) is 29.8 Å². The van der Waals surface area contributed by atoms with E-state index in [1.165, 1.54) is 31.3 Å². The first-order chi connectivity index (χ1) is 16.0. The number of likely N-dealkylation sites (N-methyl/N-ethyl adjacent to an activating group) is 1. The van der Waals surface area contributed by atoms with Crippen LogP contribution in [0.2, 0.25) is 0 Å². The molecule has 2 rings (SSSR count). The molecule has 0 spiro atoms. The van der Waals surface area contributed by atoms with E-state index in [9.17, 15) is 18.0 Å². The summed E-state index contributed by atoms with van der Waals surface area (Å²) in [5, 5.41) is 2.72. The van der Waals surface area contributed by atoms with E-state index in [0.29, 0.717) is 18.0 Å². The van der Waals surface area contributed by atoms with Crippen LogP contribution < -0.4 is 19.1 Å². The van der Waals surface area contributed by atoms with Gasteiger partial charge in [0, 0.05) is 19.2 Å². The van der Waals surface area contributed by atoms with E-state index in [0.717, 1.165) is 21.7 Å². The number of amides is 2. The molecular formula is C24H33N3O6S. The number of benzene rings is 2. The van der Waals surface area contributed by atoms with Crippen LogP contribution in [0.1, 0.15) is 25.0 Å². The molecule has 0 fully saturated rings. The Hall–Kier alpha value is -3.27. The topological polar surface area (TPSA) is 105 Å². The molecule has 1 N–H and O–H groups in total. The summed E-state index contributed by atoms with van der Waals surface area (Å²) in [5.41, 5.74) is 2.14. The Balaban J connectivity index is 2.42. The summed E-state index contributed by atoms with van der Waals surface area (Å²) in [4.78, 5) is 27.4. The van der Waals surface area contributed by atoms with Gasteiger partial charge in [0.2, 0.25) is 21.8 Å². The number of hydrogen-bond acceptors (Lipinski definition) is 6. The van der Waals surface area contributed by atoms with Crippen molar-refractivity contribution in [2.75, 3.05) is 37.9 Å². The first-order valence-corrected chi connectivity index (χ1v) is 12.7. The summed E-state index contributed by atoms with van der Waals surface area (Å²) in [6.45, 7) is 5.45. The maximum Gasteiger partial charge on any atom is 0.244 e. The molecule has 0 radical (unpaired) electrons. The van der Waals surface area contributed by atoms with E-state index in [-0.39, 0.29) is 18.1 Å². The first kappa shape index (κ1) is 27.0. The highest BCUT2D eigenvalue weighted by molar-refractivity contribution is 7.92. The van der Waals surface area contributed by atoms with Gasteiger partial charge in [-0.05, 0) is 38.5 Å². The summed E-state index contributed by atoms with van der Waals surface area (Å²) in [7, 11) is -0.924.